The summed E-state index contributed by atoms with van der Waals surface area (Å²) in [5, 5.41) is 5.67. The van der Waals surface area contributed by atoms with Gasteiger partial charge in [-0.1, -0.05) is 18.2 Å². The molecule has 1 amide bonds. The average Bonchev–Trinajstić information content (AvgIpc) is 3.18. The molecule has 2 aromatic heterocycles. The first kappa shape index (κ1) is 15.9. The minimum atomic E-state index is 0.167. The molecule has 130 valence electrons. The summed E-state index contributed by atoms with van der Waals surface area (Å²) in [6.07, 6.45) is 4.04. The van der Waals surface area contributed by atoms with Crippen LogP contribution >= 0.6 is 0 Å². The number of hydrogen-bond donors (Lipinski definition) is 0. The van der Waals surface area contributed by atoms with Crippen molar-refractivity contribution in [1.29, 1.82) is 0 Å². The summed E-state index contributed by atoms with van der Waals surface area (Å²) in [4.78, 5) is 19.2. The van der Waals surface area contributed by atoms with Gasteiger partial charge in [-0.3, -0.25) is 4.79 Å². The highest BCUT2D eigenvalue weighted by molar-refractivity contribution is 5.83. The van der Waals surface area contributed by atoms with Crippen molar-refractivity contribution in [2.45, 2.75) is 39.3 Å². The van der Waals surface area contributed by atoms with Crippen LogP contribution in [0.1, 0.15) is 30.5 Å². The zero-order chi connectivity index (χ0) is 17.4. The van der Waals surface area contributed by atoms with Gasteiger partial charge in [0.1, 0.15) is 18.2 Å². The lowest BCUT2D eigenvalue weighted by molar-refractivity contribution is -0.133. The Morgan fingerprint density at radius 3 is 2.88 bits per heavy atom. The van der Waals surface area contributed by atoms with Crippen LogP contribution in [0.5, 0.6) is 0 Å². The molecule has 0 saturated carbocycles. The fourth-order valence-corrected chi connectivity index (χ4v) is 3.79. The molecule has 4 rings (SSSR count). The van der Waals surface area contributed by atoms with E-state index >= 15 is 0 Å². The zero-order valence-electron chi connectivity index (χ0n) is 14.7. The molecule has 0 spiro atoms. The number of rotatable bonds is 3. The molecule has 6 nitrogen and oxygen atoms in total. The van der Waals surface area contributed by atoms with Gasteiger partial charge in [-0.25, -0.2) is 9.67 Å². The zero-order valence-corrected chi connectivity index (χ0v) is 14.7. The van der Waals surface area contributed by atoms with Crippen molar-refractivity contribution in [3.8, 4) is 0 Å². The van der Waals surface area contributed by atoms with E-state index in [1.165, 1.54) is 5.39 Å². The Bertz CT molecular complexity index is 910. The number of fused-ring (bicyclic) bond motifs is 1. The number of para-hydroxylation sites is 1. The third-order valence-electron chi connectivity index (χ3n) is 4.99. The van der Waals surface area contributed by atoms with Crippen LogP contribution in [0.4, 0.5) is 0 Å². The van der Waals surface area contributed by atoms with Gasteiger partial charge in [0.2, 0.25) is 5.91 Å². The summed E-state index contributed by atoms with van der Waals surface area (Å²) in [6, 6.07) is 10.4. The first-order valence-corrected chi connectivity index (χ1v) is 8.83. The normalized spacial score (nSPS) is 18.0. The number of amides is 1. The smallest absolute Gasteiger partial charge is 0.242 e. The molecular formula is C19H23N5O. The molecule has 1 aromatic carbocycles. The average molecular weight is 337 g/mol. The van der Waals surface area contributed by atoms with Crippen molar-refractivity contribution in [3.05, 3.63) is 48.2 Å². The Hall–Kier alpha value is -2.63. The number of benzene rings is 1. The number of piperidine rings is 1. The van der Waals surface area contributed by atoms with E-state index in [-0.39, 0.29) is 11.9 Å². The molecule has 1 aliphatic rings. The Kier molecular flexibility index (Phi) is 4.03. The maximum atomic E-state index is 12.8. The van der Waals surface area contributed by atoms with E-state index in [0.29, 0.717) is 13.1 Å². The van der Waals surface area contributed by atoms with Crippen LogP contribution in [0.25, 0.3) is 10.9 Å². The molecule has 0 radical (unpaired) electrons. The summed E-state index contributed by atoms with van der Waals surface area (Å²) in [7, 11) is 0. The quantitative estimate of drug-likeness (QED) is 0.738. The molecule has 0 aliphatic carbocycles. The molecule has 1 fully saturated rings. The number of aromatic nitrogens is 4. The maximum Gasteiger partial charge on any atom is 0.242 e. The van der Waals surface area contributed by atoms with Crippen LogP contribution in [-0.4, -0.2) is 43.2 Å². The van der Waals surface area contributed by atoms with Gasteiger partial charge < -0.3 is 9.47 Å². The number of likely N-dealkylation sites (tertiary alicyclic amines) is 1. The topological polar surface area (TPSA) is 56.0 Å². The summed E-state index contributed by atoms with van der Waals surface area (Å²) in [5.41, 5.74) is 1.10. The van der Waals surface area contributed by atoms with E-state index < -0.39 is 0 Å². The monoisotopic (exact) mass is 337 g/mol. The van der Waals surface area contributed by atoms with Crippen LogP contribution in [0.2, 0.25) is 0 Å². The molecule has 3 aromatic rings. The Morgan fingerprint density at radius 2 is 2.08 bits per heavy atom. The lowest BCUT2D eigenvalue weighted by Crippen LogP contribution is -2.42. The van der Waals surface area contributed by atoms with Crippen LogP contribution < -0.4 is 0 Å². The summed E-state index contributed by atoms with van der Waals surface area (Å²) >= 11 is 0. The minimum absolute atomic E-state index is 0.167. The Morgan fingerprint density at radius 1 is 1.24 bits per heavy atom. The molecule has 3 heterocycles. The predicted molar refractivity (Wildman–Crippen MR) is 96.3 cm³/mol. The summed E-state index contributed by atoms with van der Waals surface area (Å²) in [6.45, 7) is 5.80. The van der Waals surface area contributed by atoms with E-state index in [9.17, 15) is 4.79 Å². The standard InChI is InChI=1S/C19H23N5O/c1-14-20-15(2)24(21-14)17-7-5-10-23(12-17)19(25)13-22-11-9-16-6-3-4-8-18(16)22/h3-4,6,8-9,11,17H,5,7,10,12-13H2,1-2H3. The molecule has 1 unspecified atom stereocenters. The van der Waals surface area contributed by atoms with Gasteiger partial charge in [-0.05, 0) is 44.2 Å². The van der Waals surface area contributed by atoms with Gasteiger partial charge in [0.15, 0.2) is 0 Å². The van der Waals surface area contributed by atoms with E-state index in [1.807, 2.05) is 46.3 Å². The SMILES string of the molecule is Cc1nc(C)n(C2CCCN(C(=O)Cn3ccc4ccccc43)C2)n1. The first-order valence-electron chi connectivity index (χ1n) is 8.83. The second-order valence-corrected chi connectivity index (χ2v) is 6.79. The van der Waals surface area contributed by atoms with Gasteiger partial charge in [0.25, 0.3) is 0 Å². The Balaban J connectivity index is 1.49. The molecule has 1 aliphatic heterocycles. The fourth-order valence-electron chi connectivity index (χ4n) is 3.79. The molecular weight excluding hydrogens is 314 g/mol. The van der Waals surface area contributed by atoms with Crippen LogP contribution in [0.3, 0.4) is 0 Å². The first-order chi connectivity index (χ1) is 12.1. The largest absolute Gasteiger partial charge is 0.339 e. The van der Waals surface area contributed by atoms with Crippen molar-refractivity contribution in [3.63, 3.8) is 0 Å². The lowest BCUT2D eigenvalue weighted by atomic mass is 10.1. The molecule has 0 bridgehead atoms. The second-order valence-electron chi connectivity index (χ2n) is 6.79. The molecule has 1 saturated heterocycles. The van der Waals surface area contributed by atoms with E-state index in [0.717, 1.165) is 36.6 Å². The maximum absolute atomic E-state index is 12.8. The molecule has 6 heteroatoms. The molecule has 0 N–H and O–H groups in total. The number of nitrogens with zero attached hydrogens (tertiary/aromatic N) is 5. The van der Waals surface area contributed by atoms with Gasteiger partial charge in [-0.2, -0.15) is 5.10 Å². The minimum Gasteiger partial charge on any atom is -0.339 e. The molecule has 1 atom stereocenters. The summed E-state index contributed by atoms with van der Waals surface area (Å²) in [5.74, 6) is 1.88. The van der Waals surface area contributed by atoms with Crippen molar-refractivity contribution in [2.75, 3.05) is 13.1 Å². The van der Waals surface area contributed by atoms with Crippen LogP contribution in [-0.2, 0) is 11.3 Å². The number of hydrogen-bond acceptors (Lipinski definition) is 3. The number of carbonyl (C=O) groups is 1. The van der Waals surface area contributed by atoms with E-state index in [2.05, 4.69) is 28.3 Å². The lowest BCUT2D eigenvalue weighted by Gasteiger charge is -2.33. The highest BCUT2D eigenvalue weighted by Crippen LogP contribution is 2.23. The van der Waals surface area contributed by atoms with Crippen molar-refractivity contribution >= 4 is 16.8 Å². The summed E-state index contributed by atoms with van der Waals surface area (Å²) < 4.78 is 4.02. The highest BCUT2D eigenvalue weighted by Gasteiger charge is 2.26. The van der Waals surface area contributed by atoms with Gasteiger partial charge >= 0.3 is 0 Å². The van der Waals surface area contributed by atoms with Gasteiger partial charge in [0.05, 0.1) is 6.04 Å². The van der Waals surface area contributed by atoms with Crippen molar-refractivity contribution in [2.24, 2.45) is 0 Å². The number of carbonyl (C=O) groups excluding carboxylic acids is 1. The van der Waals surface area contributed by atoms with Gasteiger partial charge in [0, 0.05) is 24.8 Å². The Labute approximate surface area is 147 Å². The van der Waals surface area contributed by atoms with Crippen LogP contribution in [0, 0.1) is 13.8 Å². The highest BCUT2D eigenvalue weighted by atomic mass is 16.2. The van der Waals surface area contributed by atoms with E-state index in [4.69, 9.17) is 0 Å². The number of aryl methyl sites for hydroxylation is 2. The van der Waals surface area contributed by atoms with Crippen molar-refractivity contribution in [1.82, 2.24) is 24.2 Å². The third kappa shape index (κ3) is 3.04. The van der Waals surface area contributed by atoms with Crippen LogP contribution in [0.15, 0.2) is 36.5 Å². The second kappa shape index (κ2) is 6.35. The van der Waals surface area contributed by atoms with Crippen molar-refractivity contribution < 1.29 is 4.79 Å². The predicted octanol–water partition coefficient (Wildman–Crippen LogP) is 2.71. The van der Waals surface area contributed by atoms with Gasteiger partial charge in [-0.15, -0.1) is 0 Å². The van der Waals surface area contributed by atoms with E-state index in [1.54, 1.807) is 0 Å². The third-order valence-corrected chi connectivity index (χ3v) is 4.99. The molecule has 25 heavy (non-hydrogen) atoms. The fraction of sp³-hybridized carbons (Fsp3) is 0.421.